The molecule has 1 saturated carbocycles. The number of amides is 2. The number of fused-ring (bicyclic) bond motifs is 1. The van der Waals surface area contributed by atoms with Crippen LogP contribution in [0.4, 0.5) is 23.4 Å². The van der Waals surface area contributed by atoms with Gasteiger partial charge in [-0.15, -0.1) is 0 Å². The second-order valence-corrected chi connectivity index (χ2v) is 12.1. The number of nitrogens with one attached hydrogen (secondary N) is 1. The number of nitrogens with two attached hydrogens (primary N) is 1. The summed E-state index contributed by atoms with van der Waals surface area (Å²) >= 11 is 0. The Bertz CT molecular complexity index is 1610. The first-order valence-electron chi connectivity index (χ1n) is 14.1. The highest BCUT2D eigenvalue weighted by Crippen LogP contribution is 2.48. The van der Waals surface area contributed by atoms with Gasteiger partial charge in [0.1, 0.15) is 23.6 Å². The average molecular weight is 621 g/mol. The second-order valence-electron chi connectivity index (χ2n) is 12.1. The highest BCUT2D eigenvalue weighted by molar-refractivity contribution is 5.98. The van der Waals surface area contributed by atoms with Crippen LogP contribution >= 0.6 is 0 Å². The van der Waals surface area contributed by atoms with Crippen LogP contribution in [-0.2, 0) is 11.3 Å². The van der Waals surface area contributed by atoms with Crippen LogP contribution in [0.5, 0.6) is 5.88 Å². The number of hydrogen-bond donors (Lipinski definition) is 3. The highest BCUT2D eigenvalue weighted by atomic mass is 19.4. The van der Waals surface area contributed by atoms with Crippen molar-refractivity contribution in [2.75, 3.05) is 39.0 Å². The molecule has 3 aromatic heterocycles. The van der Waals surface area contributed by atoms with E-state index < -0.39 is 48.9 Å². The molecule has 1 spiro atoms. The number of aromatic nitrogens is 4. The maximum Gasteiger partial charge on any atom is 0.426 e. The summed E-state index contributed by atoms with van der Waals surface area (Å²) in [5.74, 6) is -2.31. The molecule has 3 aromatic rings. The SMILES string of the molecule is COc1ncc(-c2cc(CN3CC4(CCC4)C3)c3c(N)ncnn23)cc1C(=O)N[C@@H]1CN(C(=O)[C@@](C)(O)C(F)(F)F)C[C@@H]1F. The fraction of sp³-hybridized carbons (Fsp3) is 0.536. The maximum atomic E-state index is 14.9. The molecule has 2 saturated heterocycles. The van der Waals surface area contributed by atoms with E-state index in [-0.39, 0.29) is 11.4 Å². The van der Waals surface area contributed by atoms with Crippen LogP contribution in [0, 0.1) is 5.41 Å². The van der Waals surface area contributed by atoms with Crippen molar-refractivity contribution in [1.29, 1.82) is 0 Å². The van der Waals surface area contributed by atoms with Crippen molar-refractivity contribution in [2.45, 2.75) is 56.7 Å². The van der Waals surface area contributed by atoms with Crippen LogP contribution < -0.4 is 15.8 Å². The quantitative estimate of drug-likeness (QED) is 0.337. The Labute approximate surface area is 249 Å². The van der Waals surface area contributed by atoms with E-state index in [1.165, 1.54) is 45.0 Å². The zero-order chi connectivity index (χ0) is 31.6. The minimum atomic E-state index is -5.26. The number of anilines is 1. The number of nitrogen functional groups attached to an aromatic ring is 1. The Balaban J connectivity index is 1.24. The summed E-state index contributed by atoms with van der Waals surface area (Å²) in [6.45, 7) is 1.65. The van der Waals surface area contributed by atoms with Crippen molar-refractivity contribution in [2.24, 2.45) is 5.41 Å². The number of carbonyl (C=O) groups is 2. The molecule has 3 aliphatic rings. The van der Waals surface area contributed by atoms with Gasteiger partial charge in [0, 0.05) is 37.9 Å². The Hall–Kier alpha value is -4.05. The number of likely N-dealkylation sites (tertiary alicyclic amines) is 2. The van der Waals surface area contributed by atoms with E-state index in [1.54, 1.807) is 4.52 Å². The van der Waals surface area contributed by atoms with Gasteiger partial charge in [0.05, 0.1) is 25.4 Å². The lowest BCUT2D eigenvalue weighted by Gasteiger charge is -2.56. The smallest absolute Gasteiger partial charge is 0.426 e. The van der Waals surface area contributed by atoms with Crippen LogP contribution in [0.3, 0.4) is 0 Å². The van der Waals surface area contributed by atoms with Gasteiger partial charge < -0.3 is 25.8 Å². The van der Waals surface area contributed by atoms with E-state index in [4.69, 9.17) is 10.5 Å². The van der Waals surface area contributed by atoms with Gasteiger partial charge in [0.15, 0.2) is 5.82 Å². The molecule has 236 valence electrons. The number of aliphatic hydroxyl groups is 1. The Morgan fingerprint density at radius 2 is 1.93 bits per heavy atom. The summed E-state index contributed by atoms with van der Waals surface area (Å²) in [6, 6.07) is 2.05. The summed E-state index contributed by atoms with van der Waals surface area (Å²) in [7, 11) is 1.30. The van der Waals surface area contributed by atoms with E-state index in [1.807, 2.05) is 6.07 Å². The lowest BCUT2D eigenvalue weighted by atomic mass is 9.63. The van der Waals surface area contributed by atoms with E-state index in [0.29, 0.717) is 46.4 Å². The molecule has 0 bridgehead atoms. The van der Waals surface area contributed by atoms with Gasteiger partial charge in [-0.1, -0.05) is 6.42 Å². The monoisotopic (exact) mass is 620 g/mol. The largest absolute Gasteiger partial charge is 0.480 e. The van der Waals surface area contributed by atoms with Gasteiger partial charge >= 0.3 is 6.18 Å². The fourth-order valence-electron chi connectivity index (χ4n) is 6.38. The molecule has 6 rings (SSSR count). The number of pyridine rings is 1. The minimum Gasteiger partial charge on any atom is -0.480 e. The van der Waals surface area contributed by atoms with Crippen LogP contribution in [0.2, 0.25) is 0 Å². The van der Waals surface area contributed by atoms with Crippen molar-refractivity contribution in [3.05, 3.63) is 35.8 Å². The molecule has 1 aliphatic carbocycles. The molecule has 4 N–H and O–H groups in total. The first-order valence-corrected chi connectivity index (χ1v) is 14.1. The first-order chi connectivity index (χ1) is 20.7. The van der Waals surface area contributed by atoms with Crippen molar-refractivity contribution < 1.29 is 37.0 Å². The first kappa shape index (κ1) is 30.0. The van der Waals surface area contributed by atoms with Gasteiger partial charge in [-0.2, -0.15) is 18.3 Å². The average Bonchev–Trinajstić information content (AvgIpc) is 3.48. The number of methoxy groups -OCH3 is 1. The summed E-state index contributed by atoms with van der Waals surface area (Å²) in [6.07, 6.45) is -0.596. The summed E-state index contributed by atoms with van der Waals surface area (Å²) in [5.41, 5.74) is 5.48. The van der Waals surface area contributed by atoms with Gasteiger partial charge in [-0.3, -0.25) is 14.5 Å². The Morgan fingerprint density at radius 1 is 1.20 bits per heavy atom. The van der Waals surface area contributed by atoms with E-state index in [2.05, 4.69) is 25.3 Å². The van der Waals surface area contributed by atoms with Crippen molar-refractivity contribution in [3.63, 3.8) is 0 Å². The molecule has 3 atom stereocenters. The summed E-state index contributed by atoms with van der Waals surface area (Å²) in [4.78, 5) is 37.0. The predicted molar refractivity (Wildman–Crippen MR) is 148 cm³/mol. The molecular formula is C28H32F4N8O4. The molecule has 2 aliphatic heterocycles. The lowest BCUT2D eigenvalue weighted by molar-refractivity contribution is -0.249. The van der Waals surface area contributed by atoms with Gasteiger partial charge in [-0.25, -0.2) is 18.9 Å². The van der Waals surface area contributed by atoms with Crippen molar-refractivity contribution >= 4 is 23.1 Å². The number of hydrogen-bond acceptors (Lipinski definition) is 9. The molecular weight excluding hydrogens is 588 g/mol. The van der Waals surface area contributed by atoms with Crippen molar-refractivity contribution in [3.8, 4) is 17.1 Å². The molecule has 3 fully saturated rings. The van der Waals surface area contributed by atoms with Crippen LogP contribution in [0.25, 0.3) is 16.8 Å². The molecule has 5 heterocycles. The number of halogens is 4. The lowest BCUT2D eigenvalue weighted by Crippen LogP contribution is -2.58. The summed E-state index contributed by atoms with van der Waals surface area (Å²) in [5, 5.41) is 16.6. The molecule has 0 unspecified atom stereocenters. The van der Waals surface area contributed by atoms with E-state index in [0.717, 1.165) is 18.7 Å². The van der Waals surface area contributed by atoms with Crippen LogP contribution in [0.1, 0.15) is 42.1 Å². The Morgan fingerprint density at radius 3 is 2.57 bits per heavy atom. The van der Waals surface area contributed by atoms with E-state index >= 15 is 0 Å². The maximum absolute atomic E-state index is 14.9. The molecule has 44 heavy (non-hydrogen) atoms. The van der Waals surface area contributed by atoms with Crippen LogP contribution in [-0.4, -0.2) is 104 Å². The third-order valence-electron chi connectivity index (χ3n) is 8.99. The Kier molecular flexibility index (Phi) is 7.19. The number of nitrogens with zero attached hydrogens (tertiary/aromatic N) is 6. The second kappa shape index (κ2) is 10.5. The third kappa shape index (κ3) is 4.99. The number of rotatable bonds is 7. The predicted octanol–water partition coefficient (Wildman–Crippen LogP) is 1.96. The highest BCUT2D eigenvalue weighted by Gasteiger charge is 2.58. The van der Waals surface area contributed by atoms with Crippen molar-refractivity contribution in [1.82, 2.24) is 34.7 Å². The zero-order valence-electron chi connectivity index (χ0n) is 24.1. The third-order valence-corrected chi connectivity index (χ3v) is 8.99. The molecule has 2 amide bonds. The number of carbonyl (C=O) groups excluding carboxylic acids is 2. The van der Waals surface area contributed by atoms with Crippen LogP contribution in [0.15, 0.2) is 24.7 Å². The topological polar surface area (TPSA) is 151 Å². The van der Waals surface area contributed by atoms with Gasteiger partial charge in [0.25, 0.3) is 11.8 Å². The van der Waals surface area contributed by atoms with Gasteiger partial charge in [0.2, 0.25) is 11.5 Å². The normalized spacial score (nSPS) is 22.8. The molecule has 0 radical (unpaired) electrons. The minimum absolute atomic E-state index is 0.0718. The zero-order valence-corrected chi connectivity index (χ0v) is 24.1. The van der Waals surface area contributed by atoms with Gasteiger partial charge in [-0.05, 0) is 42.9 Å². The number of alkyl halides is 4. The fourth-order valence-corrected chi connectivity index (χ4v) is 6.38. The summed E-state index contributed by atoms with van der Waals surface area (Å²) < 4.78 is 61.3. The molecule has 12 nitrogen and oxygen atoms in total. The number of ether oxygens (including phenoxy) is 1. The van der Waals surface area contributed by atoms with E-state index in [9.17, 15) is 32.3 Å². The molecule has 0 aromatic carbocycles. The molecule has 16 heteroatoms. The standard InChI is InChI=1S/C28H32F4N8O4/c1-26(43,28(30,31)32)25(42)39-10-18(29)19(11-39)37-23(41)17-6-15(8-34-24(17)44-2)20-7-16(21-22(33)35-14-36-40(20)21)9-38-12-27(13-38)4-3-5-27/h6-8,14,18-19,43H,3-5,9-13H2,1-2H3,(H,37,41)(H2,33,35,36)/t18-,19+,26+/m0/s1.